The summed E-state index contributed by atoms with van der Waals surface area (Å²) in [5, 5.41) is 0. The van der Waals surface area contributed by atoms with Crippen LogP contribution in [-0.4, -0.2) is 49.2 Å². The molecule has 0 spiro atoms. The molecule has 2 aliphatic heterocycles. The van der Waals surface area contributed by atoms with Gasteiger partial charge in [-0.3, -0.25) is 9.59 Å². The fraction of sp³-hybridized carbons (Fsp3) is 0.438. The first kappa shape index (κ1) is 16.1. The molecule has 3 rings (SSSR count). The van der Waals surface area contributed by atoms with E-state index in [1.165, 1.54) is 6.07 Å². The third-order valence-electron chi connectivity index (χ3n) is 4.19. The molecular formula is C16H18N2O6. The Bertz CT molecular complexity index is 667. The van der Waals surface area contributed by atoms with Crippen molar-refractivity contribution >= 4 is 17.8 Å². The molecule has 0 aromatic heterocycles. The van der Waals surface area contributed by atoms with E-state index >= 15 is 0 Å². The average Bonchev–Trinajstić information content (AvgIpc) is 3.07. The number of ether oxygens (including phenoxy) is 3. The molecule has 2 N–H and O–H groups in total. The third-order valence-corrected chi connectivity index (χ3v) is 4.19. The van der Waals surface area contributed by atoms with Gasteiger partial charge in [0.05, 0.1) is 5.56 Å². The van der Waals surface area contributed by atoms with Gasteiger partial charge in [-0.05, 0) is 31.0 Å². The Labute approximate surface area is 138 Å². The lowest BCUT2D eigenvalue weighted by atomic mass is 9.96. The number of benzene rings is 1. The van der Waals surface area contributed by atoms with Gasteiger partial charge in [0, 0.05) is 19.0 Å². The fourth-order valence-electron chi connectivity index (χ4n) is 2.74. The van der Waals surface area contributed by atoms with Crippen LogP contribution < -0.4 is 15.2 Å². The van der Waals surface area contributed by atoms with Crippen molar-refractivity contribution in [1.82, 2.24) is 4.90 Å². The SMILES string of the molecule is NC(=O)C1CCN(C(=O)COC(=O)c2ccc3c(c2)OCO3)CC1. The van der Waals surface area contributed by atoms with Gasteiger partial charge < -0.3 is 24.8 Å². The minimum atomic E-state index is -0.603. The van der Waals surface area contributed by atoms with Crippen LogP contribution in [0, 0.1) is 5.92 Å². The van der Waals surface area contributed by atoms with Gasteiger partial charge in [-0.1, -0.05) is 0 Å². The molecule has 1 fully saturated rings. The van der Waals surface area contributed by atoms with Crippen LogP contribution in [0.2, 0.25) is 0 Å². The summed E-state index contributed by atoms with van der Waals surface area (Å²) in [6.07, 6.45) is 1.08. The molecule has 0 bridgehead atoms. The molecule has 8 nitrogen and oxygen atoms in total. The standard InChI is InChI=1S/C16H18N2O6/c17-15(20)10-3-5-18(6-4-10)14(19)8-22-16(21)11-1-2-12-13(7-11)24-9-23-12/h1-2,7,10H,3-6,8-9H2,(H2,17,20). The fourth-order valence-corrected chi connectivity index (χ4v) is 2.74. The second kappa shape index (κ2) is 6.77. The maximum atomic E-state index is 12.1. The minimum absolute atomic E-state index is 0.119. The molecule has 0 unspecified atom stereocenters. The van der Waals surface area contributed by atoms with Crippen molar-refractivity contribution in [3.63, 3.8) is 0 Å². The summed E-state index contributed by atoms with van der Waals surface area (Å²) in [7, 11) is 0. The van der Waals surface area contributed by atoms with Crippen LogP contribution in [0.3, 0.4) is 0 Å². The first-order chi connectivity index (χ1) is 11.5. The van der Waals surface area contributed by atoms with Crippen LogP contribution in [0.1, 0.15) is 23.2 Å². The summed E-state index contributed by atoms with van der Waals surface area (Å²) >= 11 is 0. The second-order valence-corrected chi connectivity index (χ2v) is 5.70. The number of hydrogen-bond acceptors (Lipinski definition) is 6. The molecule has 8 heteroatoms. The summed E-state index contributed by atoms with van der Waals surface area (Å²) in [4.78, 5) is 36.8. The molecule has 1 aromatic carbocycles. The Hall–Kier alpha value is -2.77. The van der Waals surface area contributed by atoms with Crippen LogP contribution in [0.25, 0.3) is 0 Å². The zero-order valence-electron chi connectivity index (χ0n) is 13.0. The van der Waals surface area contributed by atoms with E-state index in [1.807, 2.05) is 0 Å². The van der Waals surface area contributed by atoms with Gasteiger partial charge in [0.2, 0.25) is 12.7 Å². The van der Waals surface area contributed by atoms with E-state index in [0.29, 0.717) is 43.0 Å². The van der Waals surface area contributed by atoms with Crippen LogP contribution in [0.4, 0.5) is 0 Å². The highest BCUT2D eigenvalue weighted by Crippen LogP contribution is 2.32. The number of carbonyl (C=O) groups is 3. The minimum Gasteiger partial charge on any atom is -0.454 e. The highest BCUT2D eigenvalue weighted by Gasteiger charge is 2.26. The Morgan fingerprint density at radius 3 is 2.58 bits per heavy atom. The molecule has 0 aliphatic carbocycles. The number of nitrogens with zero attached hydrogens (tertiary/aromatic N) is 1. The summed E-state index contributed by atoms with van der Waals surface area (Å²) in [5.41, 5.74) is 5.55. The number of primary amides is 1. The van der Waals surface area contributed by atoms with Crippen molar-refractivity contribution in [3.8, 4) is 11.5 Å². The lowest BCUT2D eigenvalue weighted by Gasteiger charge is -2.30. The number of hydrogen-bond donors (Lipinski definition) is 1. The zero-order valence-corrected chi connectivity index (χ0v) is 13.0. The molecule has 2 heterocycles. The highest BCUT2D eigenvalue weighted by atomic mass is 16.7. The summed E-state index contributed by atoms with van der Waals surface area (Å²) in [6.45, 7) is 0.657. The van der Waals surface area contributed by atoms with E-state index in [2.05, 4.69) is 0 Å². The Morgan fingerprint density at radius 1 is 1.17 bits per heavy atom. The molecule has 2 aliphatic rings. The van der Waals surface area contributed by atoms with Gasteiger partial charge in [0.1, 0.15) is 0 Å². The van der Waals surface area contributed by atoms with Crippen molar-refractivity contribution in [3.05, 3.63) is 23.8 Å². The monoisotopic (exact) mass is 334 g/mol. The van der Waals surface area contributed by atoms with E-state index < -0.39 is 5.97 Å². The molecule has 0 saturated carbocycles. The van der Waals surface area contributed by atoms with Crippen molar-refractivity contribution in [2.45, 2.75) is 12.8 Å². The van der Waals surface area contributed by atoms with Gasteiger partial charge in [0.25, 0.3) is 5.91 Å². The second-order valence-electron chi connectivity index (χ2n) is 5.70. The van der Waals surface area contributed by atoms with E-state index in [-0.39, 0.29) is 31.1 Å². The average molecular weight is 334 g/mol. The smallest absolute Gasteiger partial charge is 0.338 e. The van der Waals surface area contributed by atoms with Gasteiger partial charge >= 0.3 is 5.97 Å². The van der Waals surface area contributed by atoms with Crippen LogP contribution in [0.15, 0.2) is 18.2 Å². The van der Waals surface area contributed by atoms with Gasteiger partial charge in [-0.15, -0.1) is 0 Å². The highest BCUT2D eigenvalue weighted by molar-refractivity contribution is 5.92. The molecule has 0 radical (unpaired) electrons. The van der Waals surface area contributed by atoms with Crippen LogP contribution in [-0.2, 0) is 14.3 Å². The maximum absolute atomic E-state index is 12.1. The zero-order chi connectivity index (χ0) is 17.1. The van der Waals surface area contributed by atoms with E-state index in [9.17, 15) is 14.4 Å². The van der Waals surface area contributed by atoms with Gasteiger partial charge in [0.15, 0.2) is 18.1 Å². The van der Waals surface area contributed by atoms with E-state index in [4.69, 9.17) is 19.9 Å². The third kappa shape index (κ3) is 3.42. The normalized spacial score (nSPS) is 16.8. The first-order valence-corrected chi connectivity index (χ1v) is 7.68. The molecule has 2 amide bonds. The van der Waals surface area contributed by atoms with Crippen molar-refractivity contribution in [1.29, 1.82) is 0 Å². The number of carbonyl (C=O) groups excluding carboxylic acids is 3. The Morgan fingerprint density at radius 2 is 1.88 bits per heavy atom. The molecule has 0 atom stereocenters. The number of fused-ring (bicyclic) bond motifs is 1. The summed E-state index contributed by atoms with van der Waals surface area (Å²) in [6, 6.07) is 4.70. The lowest BCUT2D eigenvalue weighted by Crippen LogP contribution is -2.43. The Kier molecular flexibility index (Phi) is 4.54. The topological polar surface area (TPSA) is 108 Å². The predicted molar refractivity (Wildman–Crippen MR) is 81.3 cm³/mol. The largest absolute Gasteiger partial charge is 0.454 e. The number of likely N-dealkylation sites (tertiary alicyclic amines) is 1. The van der Waals surface area contributed by atoms with E-state index in [0.717, 1.165) is 0 Å². The first-order valence-electron chi connectivity index (χ1n) is 7.68. The number of piperidine rings is 1. The molecule has 128 valence electrons. The summed E-state index contributed by atoms with van der Waals surface area (Å²) < 4.78 is 15.4. The summed E-state index contributed by atoms with van der Waals surface area (Å²) in [5.74, 6) is -0.369. The number of amides is 2. The Balaban J connectivity index is 1.49. The molecular weight excluding hydrogens is 316 g/mol. The van der Waals surface area contributed by atoms with Crippen LogP contribution in [0.5, 0.6) is 11.5 Å². The van der Waals surface area contributed by atoms with Gasteiger partial charge in [-0.25, -0.2) is 4.79 Å². The number of nitrogens with two attached hydrogens (primary N) is 1. The van der Waals surface area contributed by atoms with Gasteiger partial charge in [-0.2, -0.15) is 0 Å². The molecule has 1 aromatic rings. The van der Waals surface area contributed by atoms with Crippen molar-refractivity contribution in [2.75, 3.05) is 26.5 Å². The number of rotatable bonds is 4. The molecule has 24 heavy (non-hydrogen) atoms. The van der Waals surface area contributed by atoms with Crippen LogP contribution >= 0.6 is 0 Å². The van der Waals surface area contributed by atoms with Crippen molar-refractivity contribution < 1.29 is 28.6 Å². The van der Waals surface area contributed by atoms with E-state index in [1.54, 1.807) is 17.0 Å². The quantitative estimate of drug-likeness (QED) is 0.793. The van der Waals surface area contributed by atoms with Crippen molar-refractivity contribution in [2.24, 2.45) is 11.7 Å². The lowest BCUT2D eigenvalue weighted by molar-refractivity contribution is -0.137. The maximum Gasteiger partial charge on any atom is 0.338 e. The molecule has 1 saturated heterocycles. The predicted octanol–water partition coefficient (Wildman–Crippen LogP) is 0.296. The number of esters is 1.